The van der Waals surface area contributed by atoms with Crippen LogP contribution in [0.5, 0.6) is 0 Å². The predicted molar refractivity (Wildman–Crippen MR) is 124 cm³/mol. The molecule has 32 heavy (non-hydrogen) atoms. The zero-order valence-electron chi connectivity index (χ0n) is 17.9. The monoisotopic (exact) mass is 426 g/mol. The summed E-state index contributed by atoms with van der Waals surface area (Å²) >= 11 is 0. The second-order valence-corrected chi connectivity index (χ2v) is 9.02. The third kappa shape index (κ3) is 2.90. The highest BCUT2D eigenvalue weighted by molar-refractivity contribution is 6.17. The van der Waals surface area contributed by atoms with Gasteiger partial charge in [0.1, 0.15) is 17.5 Å². The maximum absolute atomic E-state index is 14.7. The summed E-state index contributed by atoms with van der Waals surface area (Å²) in [5.41, 5.74) is 6.09. The Labute approximate surface area is 185 Å². The van der Waals surface area contributed by atoms with Crippen molar-refractivity contribution in [1.82, 2.24) is 15.0 Å². The Kier molecular flexibility index (Phi) is 4.12. The summed E-state index contributed by atoms with van der Waals surface area (Å²) in [7, 11) is 0. The van der Waals surface area contributed by atoms with E-state index in [0.717, 1.165) is 57.5 Å². The number of nitriles is 1. The molecule has 1 aromatic carbocycles. The molecule has 1 saturated heterocycles. The number of nitrogens with one attached hydrogen (secondary N) is 2. The van der Waals surface area contributed by atoms with Crippen LogP contribution in [-0.2, 0) is 0 Å². The first-order valence-electron chi connectivity index (χ1n) is 11.1. The Morgan fingerprint density at radius 2 is 2.09 bits per heavy atom. The molecule has 2 N–H and O–H groups in total. The van der Waals surface area contributed by atoms with Crippen molar-refractivity contribution >= 4 is 33.3 Å². The second-order valence-electron chi connectivity index (χ2n) is 9.02. The Hall–Kier alpha value is -3.66. The van der Waals surface area contributed by atoms with Gasteiger partial charge in [0.25, 0.3) is 0 Å². The van der Waals surface area contributed by atoms with Crippen LogP contribution in [0.2, 0.25) is 0 Å². The van der Waals surface area contributed by atoms with Crippen LogP contribution >= 0.6 is 0 Å². The second kappa shape index (κ2) is 6.92. The molecule has 4 aromatic rings. The molecule has 160 valence electrons. The number of aromatic nitrogens is 3. The lowest BCUT2D eigenvalue weighted by Gasteiger charge is -2.23. The molecule has 0 amide bonds. The van der Waals surface area contributed by atoms with Crippen LogP contribution in [0.25, 0.3) is 33.1 Å². The van der Waals surface area contributed by atoms with E-state index in [0.29, 0.717) is 17.5 Å². The molecule has 1 spiro atoms. The zero-order valence-corrected chi connectivity index (χ0v) is 17.9. The summed E-state index contributed by atoms with van der Waals surface area (Å²) in [5.74, 6) is -0.279. The largest absolute Gasteiger partial charge is 0.384 e. The van der Waals surface area contributed by atoms with Gasteiger partial charge < -0.3 is 15.2 Å². The number of rotatable bonds is 4. The Bertz CT molecular complexity index is 1410. The fraction of sp³-hybridized carbons (Fsp3) is 0.320. The van der Waals surface area contributed by atoms with Crippen molar-refractivity contribution in [2.45, 2.75) is 26.2 Å². The summed E-state index contributed by atoms with van der Waals surface area (Å²) < 4.78 is 14.7. The van der Waals surface area contributed by atoms with Crippen LogP contribution in [0.3, 0.4) is 0 Å². The van der Waals surface area contributed by atoms with Crippen LogP contribution in [-0.4, -0.2) is 34.6 Å². The number of pyridine rings is 2. The van der Waals surface area contributed by atoms with Crippen LogP contribution in [0.15, 0.2) is 36.8 Å². The van der Waals surface area contributed by atoms with Gasteiger partial charge in [-0.25, -0.2) is 9.37 Å². The summed E-state index contributed by atoms with van der Waals surface area (Å²) in [4.78, 5) is 14.9. The molecule has 0 radical (unpaired) electrons. The SMILES string of the molecule is CCNc1cc(F)cc2c1[nH]c1ncc(-c3cncc(C#N)c3)c(N3CCC4(CC4)C3)c12. The number of fused-ring (bicyclic) bond motifs is 3. The Morgan fingerprint density at radius 1 is 1.22 bits per heavy atom. The number of halogens is 1. The number of nitrogens with zero attached hydrogens (tertiary/aromatic N) is 4. The molecule has 3 aromatic heterocycles. The summed E-state index contributed by atoms with van der Waals surface area (Å²) in [6.07, 6.45) is 8.90. The number of hydrogen-bond donors (Lipinski definition) is 2. The molecule has 1 saturated carbocycles. The van der Waals surface area contributed by atoms with E-state index in [1.54, 1.807) is 18.5 Å². The van der Waals surface area contributed by atoms with Crippen LogP contribution in [0, 0.1) is 22.6 Å². The third-order valence-electron chi connectivity index (χ3n) is 6.92. The van der Waals surface area contributed by atoms with Gasteiger partial charge in [0.2, 0.25) is 0 Å². The van der Waals surface area contributed by atoms with Gasteiger partial charge in [-0.3, -0.25) is 4.98 Å². The Morgan fingerprint density at radius 3 is 2.84 bits per heavy atom. The summed E-state index contributed by atoms with van der Waals surface area (Å²) in [6.45, 7) is 4.64. The van der Waals surface area contributed by atoms with E-state index >= 15 is 0 Å². The number of aromatic amines is 1. The number of anilines is 2. The lowest BCUT2D eigenvalue weighted by Crippen LogP contribution is -2.21. The van der Waals surface area contributed by atoms with Gasteiger partial charge in [-0.1, -0.05) is 0 Å². The van der Waals surface area contributed by atoms with Gasteiger partial charge in [0.15, 0.2) is 0 Å². The first-order valence-corrected chi connectivity index (χ1v) is 11.1. The molecule has 4 heterocycles. The van der Waals surface area contributed by atoms with Crippen molar-refractivity contribution in [2.75, 3.05) is 29.9 Å². The molecule has 1 aliphatic heterocycles. The maximum atomic E-state index is 14.7. The Balaban J connectivity index is 1.66. The van der Waals surface area contributed by atoms with Crippen LogP contribution < -0.4 is 10.2 Å². The van der Waals surface area contributed by atoms with Crippen molar-refractivity contribution in [3.05, 3.63) is 48.2 Å². The normalized spacial score (nSPS) is 16.7. The standard InChI is InChI=1S/C25H23FN6/c1-2-29-20-9-17(26)8-18-21-23(32-6-5-25(14-32)3-4-25)19(13-30-24(21)31-22(18)20)16-7-15(10-27)11-28-12-16/h7-9,11-13,29H,2-6,14H2,1H3,(H,30,31). The first kappa shape index (κ1) is 19.1. The minimum Gasteiger partial charge on any atom is -0.384 e. The number of H-pyrrole nitrogens is 1. The van der Waals surface area contributed by atoms with E-state index in [1.807, 2.05) is 19.2 Å². The summed E-state index contributed by atoms with van der Waals surface area (Å²) in [5, 5.41) is 14.4. The van der Waals surface area contributed by atoms with E-state index in [2.05, 4.69) is 26.3 Å². The lowest BCUT2D eigenvalue weighted by molar-refractivity contribution is 0.581. The van der Waals surface area contributed by atoms with Crippen LogP contribution in [0.4, 0.5) is 15.8 Å². The van der Waals surface area contributed by atoms with E-state index in [4.69, 9.17) is 4.98 Å². The van der Waals surface area contributed by atoms with Gasteiger partial charge in [-0.2, -0.15) is 5.26 Å². The molecule has 0 bridgehead atoms. The van der Waals surface area contributed by atoms with Crippen molar-refractivity contribution < 1.29 is 4.39 Å². The molecular weight excluding hydrogens is 403 g/mol. The predicted octanol–water partition coefficient (Wildman–Crippen LogP) is 5.21. The van der Waals surface area contributed by atoms with Crippen molar-refractivity contribution in [3.8, 4) is 17.2 Å². The van der Waals surface area contributed by atoms with E-state index < -0.39 is 0 Å². The highest BCUT2D eigenvalue weighted by atomic mass is 19.1. The van der Waals surface area contributed by atoms with E-state index in [9.17, 15) is 9.65 Å². The molecule has 0 atom stereocenters. The highest BCUT2D eigenvalue weighted by Gasteiger charge is 2.48. The smallest absolute Gasteiger partial charge is 0.140 e. The van der Waals surface area contributed by atoms with Gasteiger partial charge >= 0.3 is 0 Å². The van der Waals surface area contributed by atoms with Crippen molar-refractivity contribution in [1.29, 1.82) is 5.26 Å². The molecule has 2 aliphatic rings. The third-order valence-corrected chi connectivity index (χ3v) is 6.92. The molecule has 2 fully saturated rings. The minimum atomic E-state index is -0.279. The summed E-state index contributed by atoms with van der Waals surface area (Å²) in [6, 6.07) is 7.15. The average molecular weight is 426 g/mol. The minimum absolute atomic E-state index is 0.279. The fourth-order valence-corrected chi connectivity index (χ4v) is 5.14. The molecule has 0 unspecified atom stereocenters. The number of hydrogen-bond acceptors (Lipinski definition) is 5. The maximum Gasteiger partial charge on any atom is 0.140 e. The zero-order chi connectivity index (χ0) is 21.9. The average Bonchev–Trinajstić information content (AvgIpc) is 3.27. The fourth-order valence-electron chi connectivity index (χ4n) is 5.14. The lowest BCUT2D eigenvalue weighted by atomic mass is 10.0. The van der Waals surface area contributed by atoms with Gasteiger partial charge in [-0.15, -0.1) is 0 Å². The van der Waals surface area contributed by atoms with Crippen molar-refractivity contribution in [3.63, 3.8) is 0 Å². The van der Waals surface area contributed by atoms with Crippen LogP contribution in [0.1, 0.15) is 31.7 Å². The molecule has 7 heteroatoms. The first-order chi connectivity index (χ1) is 15.6. The topological polar surface area (TPSA) is 80.6 Å². The molecule has 6 nitrogen and oxygen atoms in total. The number of benzene rings is 1. The van der Waals surface area contributed by atoms with Gasteiger partial charge in [0.05, 0.1) is 27.8 Å². The van der Waals surface area contributed by atoms with Gasteiger partial charge in [0, 0.05) is 54.7 Å². The van der Waals surface area contributed by atoms with Gasteiger partial charge in [-0.05, 0) is 49.8 Å². The van der Waals surface area contributed by atoms with E-state index in [-0.39, 0.29) is 5.82 Å². The molecule has 1 aliphatic carbocycles. The van der Waals surface area contributed by atoms with E-state index in [1.165, 1.54) is 25.3 Å². The quantitative estimate of drug-likeness (QED) is 0.468. The van der Waals surface area contributed by atoms with Crippen molar-refractivity contribution in [2.24, 2.45) is 5.41 Å². The molecule has 6 rings (SSSR count). The highest BCUT2D eigenvalue weighted by Crippen LogP contribution is 2.55. The molecular formula is C25H23FN6.